The zero-order valence-corrected chi connectivity index (χ0v) is 6.21. The third-order valence-electron chi connectivity index (χ3n) is 1.53. The lowest BCUT2D eigenvalue weighted by molar-refractivity contribution is 0.487. The van der Waals surface area contributed by atoms with Crippen molar-refractivity contribution >= 4 is 11.8 Å². The summed E-state index contributed by atoms with van der Waals surface area (Å²) in [6.45, 7) is 0. The smallest absolute Gasteiger partial charge is 0.110 e. The average molecular weight is 152 g/mol. The Labute approximate surface area is 64.1 Å². The van der Waals surface area contributed by atoms with Gasteiger partial charge in [-0.2, -0.15) is 0 Å². The fourth-order valence-electron chi connectivity index (χ4n) is 1.02. The minimum atomic E-state index is 0.407. The first kappa shape index (κ1) is 5.92. The minimum Gasteiger partial charge on any atom is -0.385 e. The van der Waals surface area contributed by atoms with Crippen LogP contribution in [0.2, 0.25) is 0 Å². The molecule has 10 heavy (non-hydrogen) atoms. The molecule has 2 aliphatic heterocycles. The lowest BCUT2D eigenvalue weighted by atomic mass is 10.3. The van der Waals surface area contributed by atoms with Crippen LogP contribution in [0.25, 0.3) is 0 Å². The number of fused-ring (bicyclic) bond motifs is 1. The van der Waals surface area contributed by atoms with Crippen LogP contribution < -0.4 is 5.73 Å². The van der Waals surface area contributed by atoms with Crippen LogP contribution in [-0.4, -0.2) is 10.3 Å². The van der Waals surface area contributed by atoms with Gasteiger partial charge in [0.05, 0.1) is 0 Å². The number of hydrogen-bond donors (Lipinski definition) is 1. The molecular weight excluding hydrogens is 144 g/mol. The van der Waals surface area contributed by atoms with Gasteiger partial charge in [-0.25, -0.2) is 0 Å². The van der Waals surface area contributed by atoms with Crippen molar-refractivity contribution in [3.05, 3.63) is 35.7 Å². The van der Waals surface area contributed by atoms with E-state index in [-0.39, 0.29) is 0 Å². The van der Waals surface area contributed by atoms with Crippen LogP contribution in [0.15, 0.2) is 35.7 Å². The fourth-order valence-corrected chi connectivity index (χ4v) is 1.93. The van der Waals surface area contributed by atoms with Crippen molar-refractivity contribution in [2.45, 2.75) is 5.37 Å². The Morgan fingerprint density at radius 3 is 3.20 bits per heavy atom. The normalized spacial score (nSPS) is 28.6. The summed E-state index contributed by atoms with van der Waals surface area (Å²) in [5.41, 5.74) is 5.67. The second-order valence-electron chi connectivity index (χ2n) is 2.20. The Balaban J connectivity index is 2.27. The molecule has 2 N–H and O–H groups in total. The van der Waals surface area contributed by atoms with Gasteiger partial charge < -0.3 is 10.6 Å². The number of allylic oxidation sites excluding steroid dienone is 2. The molecule has 1 atom stereocenters. The van der Waals surface area contributed by atoms with Crippen LogP contribution in [0, 0.1) is 0 Å². The zero-order valence-electron chi connectivity index (χ0n) is 5.40. The van der Waals surface area contributed by atoms with Gasteiger partial charge in [0.1, 0.15) is 11.2 Å². The number of rotatable bonds is 0. The largest absolute Gasteiger partial charge is 0.385 e. The van der Waals surface area contributed by atoms with Gasteiger partial charge in [0.25, 0.3) is 0 Å². The van der Waals surface area contributed by atoms with E-state index in [9.17, 15) is 0 Å². The third-order valence-corrected chi connectivity index (χ3v) is 2.57. The van der Waals surface area contributed by atoms with Gasteiger partial charge in [-0.3, -0.25) is 0 Å². The first-order valence-electron chi connectivity index (χ1n) is 3.12. The molecule has 0 saturated carbocycles. The lowest BCUT2D eigenvalue weighted by Gasteiger charge is -2.22. The van der Waals surface area contributed by atoms with E-state index in [1.807, 2.05) is 28.7 Å². The Morgan fingerprint density at radius 1 is 1.50 bits per heavy atom. The third kappa shape index (κ3) is 0.743. The Hall–Kier alpha value is -0.830. The van der Waals surface area contributed by atoms with Gasteiger partial charge in [-0.05, 0) is 6.08 Å². The van der Waals surface area contributed by atoms with Gasteiger partial charge in [0, 0.05) is 11.6 Å². The monoisotopic (exact) mass is 152 g/mol. The van der Waals surface area contributed by atoms with Gasteiger partial charge in [-0.15, -0.1) is 11.8 Å². The molecule has 3 heteroatoms. The maximum absolute atomic E-state index is 5.67. The molecule has 0 spiro atoms. The molecule has 1 unspecified atom stereocenters. The molecule has 52 valence electrons. The van der Waals surface area contributed by atoms with Crippen molar-refractivity contribution in [3.8, 4) is 0 Å². The fraction of sp³-hybridized carbons (Fsp3) is 0.143. The number of nitrogens with two attached hydrogens (primary N) is 1. The summed E-state index contributed by atoms with van der Waals surface area (Å²) >= 11 is 1.74. The summed E-state index contributed by atoms with van der Waals surface area (Å²) in [6, 6.07) is 0. The number of thioether (sulfide) groups is 1. The van der Waals surface area contributed by atoms with E-state index in [0.29, 0.717) is 5.37 Å². The first-order chi connectivity index (χ1) is 4.88. The molecular formula is C7H8N2S. The molecule has 2 rings (SSSR count). The molecule has 0 saturated heterocycles. The Morgan fingerprint density at radius 2 is 2.40 bits per heavy atom. The standard InChI is InChI=1S/C7H8N2S/c8-6-5-10-7-3-1-2-4-9(6)7/h1-5,7H,8H2. The first-order valence-corrected chi connectivity index (χ1v) is 4.06. The summed E-state index contributed by atoms with van der Waals surface area (Å²) in [5.74, 6) is 0.843. The highest BCUT2D eigenvalue weighted by Crippen LogP contribution is 2.30. The van der Waals surface area contributed by atoms with Crippen molar-refractivity contribution in [2.75, 3.05) is 0 Å². The summed E-state index contributed by atoms with van der Waals surface area (Å²) in [4.78, 5) is 2.05. The Kier molecular flexibility index (Phi) is 1.24. The van der Waals surface area contributed by atoms with E-state index in [1.54, 1.807) is 11.8 Å². The van der Waals surface area contributed by atoms with Crippen LogP contribution in [0.3, 0.4) is 0 Å². The molecule has 0 aliphatic carbocycles. The SMILES string of the molecule is NC1=CSC2C=CC=CN12. The molecule has 2 aliphatic rings. The summed E-state index contributed by atoms with van der Waals surface area (Å²) < 4.78 is 0. The van der Waals surface area contributed by atoms with E-state index >= 15 is 0 Å². The minimum absolute atomic E-state index is 0.407. The number of nitrogens with zero attached hydrogens (tertiary/aromatic N) is 1. The molecule has 0 aromatic carbocycles. The maximum atomic E-state index is 5.67. The van der Waals surface area contributed by atoms with Crippen molar-refractivity contribution in [1.82, 2.24) is 4.90 Å². The van der Waals surface area contributed by atoms with Crippen molar-refractivity contribution in [3.63, 3.8) is 0 Å². The second-order valence-corrected chi connectivity index (χ2v) is 3.19. The summed E-state index contributed by atoms with van der Waals surface area (Å²) in [7, 11) is 0. The molecule has 0 radical (unpaired) electrons. The topological polar surface area (TPSA) is 29.3 Å². The quantitative estimate of drug-likeness (QED) is 0.565. The molecule has 0 aromatic rings. The molecule has 0 amide bonds. The summed E-state index contributed by atoms with van der Waals surface area (Å²) in [6.07, 6.45) is 8.15. The van der Waals surface area contributed by atoms with Crippen LogP contribution >= 0.6 is 11.8 Å². The predicted molar refractivity (Wildman–Crippen MR) is 43.8 cm³/mol. The second kappa shape index (κ2) is 2.09. The highest BCUT2D eigenvalue weighted by Gasteiger charge is 2.21. The summed E-state index contributed by atoms with van der Waals surface area (Å²) in [5, 5.41) is 2.38. The van der Waals surface area contributed by atoms with E-state index in [1.165, 1.54) is 0 Å². The van der Waals surface area contributed by atoms with Crippen LogP contribution in [0.4, 0.5) is 0 Å². The van der Waals surface area contributed by atoms with Gasteiger partial charge in [0.15, 0.2) is 0 Å². The van der Waals surface area contributed by atoms with E-state index < -0.39 is 0 Å². The predicted octanol–water partition coefficient (Wildman–Crippen LogP) is 1.20. The maximum Gasteiger partial charge on any atom is 0.110 e. The molecule has 0 fully saturated rings. The van der Waals surface area contributed by atoms with E-state index in [4.69, 9.17) is 5.73 Å². The van der Waals surface area contributed by atoms with E-state index in [0.717, 1.165) is 5.82 Å². The molecule has 2 nitrogen and oxygen atoms in total. The van der Waals surface area contributed by atoms with Crippen molar-refractivity contribution in [2.24, 2.45) is 5.73 Å². The van der Waals surface area contributed by atoms with Gasteiger partial charge in [0.2, 0.25) is 0 Å². The zero-order chi connectivity index (χ0) is 6.97. The molecule has 2 heterocycles. The number of hydrogen-bond acceptors (Lipinski definition) is 3. The van der Waals surface area contributed by atoms with Gasteiger partial charge >= 0.3 is 0 Å². The van der Waals surface area contributed by atoms with Crippen LogP contribution in [0.1, 0.15) is 0 Å². The average Bonchev–Trinajstić information content (AvgIpc) is 2.34. The van der Waals surface area contributed by atoms with Crippen molar-refractivity contribution < 1.29 is 0 Å². The highest BCUT2D eigenvalue weighted by atomic mass is 32.2. The van der Waals surface area contributed by atoms with Gasteiger partial charge in [-0.1, -0.05) is 12.2 Å². The Bertz CT molecular complexity index is 230. The van der Waals surface area contributed by atoms with Crippen LogP contribution in [-0.2, 0) is 0 Å². The van der Waals surface area contributed by atoms with E-state index in [2.05, 4.69) is 6.08 Å². The molecule has 0 aromatic heterocycles. The lowest BCUT2D eigenvalue weighted by Crippen LogP contribution is -2.26. The van der Waals surface area contributed by atoms with Crippen LogP contribution in [0.5, 0.6) is 0 Å². The highest BCUT2D eigenvalue weighted by molar-refractivity contribution is 8.03. The molecule has 0 bridgehead atoms. The van der Waals surface area contributed by atoms with Crippen molar-refractivity contribution in [1.29, 1.82) is 0 Å².